The highest BCUT2D eigenvalue weighted by atomic mass is 19.4. The first-order chi connectivity index (χ1) is 15.4. The molecule has 1 aliphatic rings. The van der Waals surface area contributed by atoms with Crippen molar-refractivity contribution in [2.45, 2.75) is 77.2 Å². The van der Waals surface area contributed by atoms with Crippen LogP contribution in [0.3, 0.4) is 0 Å². The van der Waals surface area contributed by atoms with Gasteiger partial charge in [-0.1, -0.05) is 62.6 Å². The molecule has 0 heterocycles. The van der Waals surface area contributed by atoms with Gasteiger partial charge in [0.15, 0.2) is 6.10 Å². The fourth-order valence-electron chi connectivity index (χ4n) is 4.05. The Morgan fingerprint density at radius 2 is 1.84 bits per heavy atom. The van der Waals surface area contributed by atoms with Crippen LogP contribution in [0.1, 0.15) is 62.1 Å². The minimum Gasteiger partial charge on any atom is -0.489 e. The summed E-state index contributed by atoms with van der Waals surface area (Å²) in [6.45, 7) is 2.46. The van der Waals surface area contributed by atoms with Crippen LogP contribution < -0.4 is 4.74 Å². The number of hydrogen-bond donors (Lipinski definition) is 0. The second kappa shape index (κ2) is 11.4. The van der Waals surface area contributed by atoms with E-state index < -0.39 is 24.2 Å². The molecule has 0 N–H and O–H groups in total. The minimum atomic E-state index is -4.53. The lowest BCUT2D eigenvalue weighted by Gasteiger charge is -2.27. The molecule has 1 aliphatic carbocycles. The zero-order valence-corrected chi connectivity index (χ0v) is 18.5. The second-order valence-corrected chi connectivity index (χ2v) is 8.46. The summed E-state index contributed by atoms with van der Waals surface area (Å²) in [7, 11) is 0. The number of alkyl halides is 3. The first-order valence-electron chi connectivity index (χ1n) is 11.4. The Balaban J connectivity index is 1.55. The van der Waals surface area contributed by atoms with Gasteiger partial charge in [-0.2, -0.15) is 13.2 Å². The van der Waals surface area contributed by atoms with Crippen LogP contribution >= 0.6 is 0 Å². The van der Waals surface area contributed by atoms with Gasteiger partial charge in [0.05, 0.1) is 5.92 Å². The Morgan fingerprint density at radius 3 is 2.56 bits per heavy atom. The molecule has 0 aromatic heterocycles. The molecule has 0 bridgehead atoms. The first kappa shape index (κ1) is 24.1. The zero-order chi connectivity index (χ0) is 23.0. The number of hydrogen-bond acceptors (Lipinski definition) is 3. The third-order valence-electron chi connectivity index (χ3n) is 5.93. The molecule has 0 fully saturated rings. The third-order valence-corrected chi connectivity index (χ3v) is 5.93. The van der Waals surface area contributed by atoms with E-state index in [-0.39, 0.29) is 6.42 Å². The molecule has 2 aromatic rings. The van der Waals surface area contributed by atoms with E-state index in [1.807, 2.05) is 55.5 Å². The van der Waals surface area contributed by atoms with Crippen LogP contribution in [0.4, 0.5) is 13.2 Å². The summed E-state index contributed by atoms with van der Waals surface area (Å²) in [6, 6.07) is 15.6. The van der Waals surface area contributed by atoms with Crippen molar-refractivity contribution >= 4 is 5.97 Å². The van der Waals surface area contributed by atoms with Crippen LogP contribution in [0.2, 0.25) is 0 Å². The summed E-state index contributed by atoms with van der Waals surface area (Å²) in [4.78, 5) is 12.5. The van der Waals surface area contributed by atoms with E-state index in [0.29, 0.717) is 38.7 Å². The molecule has 32 heavy (non-hydrogen) atoms. The van der Waals surface area contributed by atoms with E-state index in [4.69, 9.17) is 9.47 Å². The number of ether oxygens (including phenoxy) is 2. The molecule has 0 saturated carbocycles. The number of esters is 1. The van der Waals surface area contributed by atoms with Crippen molar-refractivity contribution in [1.82, 2.24) is 0 Å². The average Bonchev–Trinajstić information content (AvgIpc) is 2.79. The van der Waals surface area contributed by atoms with Gasteiger partial charge in [0, 0.05) is 0 Å². The smallest absolute Gasteiger partial charge is 0.425 e. The molecule has 0 spiro atoms. The molecule has 6 heteroatoms. The highest BCUT2D eigenvalue weighted by Crippen LogP contribution is 2.32. The number of benzene rings is 2. The highest BCUT2D eigenvalue weighted by Gasteiger charge is 2.43. The fraction of sp³-hybridized carbons (Fsp3) is 0.500. The Bertz CT molecular complexity index is 864. The Labute approximate surface area is 187 Å². The van der Waals surface area contributed by atoms with Crippen LogP contribution in [-0.4, -0.2) is 18.2 Å². The van der Waals surface area contributed by atoms with Gasteiger partial charge in [0.2, 0.25) is 0 Å². The maximum absolute atomic E-state index is 13.3. The Morgan fingerprint density at radius 1 is 1.06 bits per heavy atom. The zero-order valence-electron chi connectivity index (χ0n) is 18.5. The summed E-state index contributed by atoms with van der Waals surface area (Å²) in [5, 5.41) is 0. The van der Waals surface area contributed by atoms with Gasteiger partial charge in [-0.05, 0) is 60.9 Å². The number of carbonyl (C=O) groups is 1. The van der Waals surface area contributed by atoms with Gasteiger partial charge >= 0.3 is 12.1 Å². The van der Waals surface area contributed by atoms with Crippen LogP contribution in [0.15, 0.2) is 48.5 Å². The molecule has 3 nitrogen and oxygen atoms in total. The van der Waals surface area contributed by atoms with E-state index in [1.54, 1.807) is 0 Å². The van der Waals surface area contributed by atoms with E-state index in [2.05, 4.69) is 0 Å². The monoisotopic (exact) mass is 448 g/mol. The lowest BCUT2D eigenvalue weighted by molar-refractivity contribution is -0.225. The lowest BCUT2D eigenvalue weighted by Crippen LogP contribution is -2.37. The molecule has 0 amide bonds. The fourth-order valence-corrected chi connectivity index (χ4v) is 4.05. The number of halogens is 3. The molecule has 174 valence electrons. The summed E-state index contributed by atoms with van der Waals surface area (Å²) in [5.74, 6) is -0.533. The van der Waals surface area contributed by atoms with Crippen molar-refractivity contribution in [3.63, 3.8) is 0 Å². The average molecular weight is 449 g/mol. The van der Waals surface area contributed by atoms with E-state index in [9.17, 15) is 18.0 Å². The van der Waals surface area contributed by atoms with Gasteiger partial charge < -0.3 is 9.47 Å². The van der Waals surface area contributed by atoms with Gasteiger partial charge in [-0.25, -0.2) is 0 Å². The number of fused-ring (bicyclic) bond motifs is 1. The topological polar surface area (TPSA) is 35.5 Å². The van der Waals surface area contributed by atoms with Crippen molar-refractivity contribution < 1.29 is 27.4 Å². The molecule has 0 radical (unpaired) electrons. The van der Waals surface area contributed by atoms with Crippen molar-refractivity contribution in [2.24, 2.45) is 5.92 Å². The molecule has 3 rings (SSSR count). The summed E-state index contributed by atoms with van der Waals surface area (Å²) >= 11 is 0. The summed E-state index contributed by atoms with van der Waals surface area (Å²) in [6.07, 6.45) is -2.27. The largest absolute Gasteiger partial charge is 0.489 e. The van der Waals surface area contributed by atoms with Crippen LogP contribution in [0, 0.1) is 5.92 Å². The number of aryl methyl sites for hydroxylation is 1. The normalized spacial score (nSPS) is 16.8. The maximum Gasteiger partial charge on any atom is 0.425 e. The maximum atomic E-state index is 13.3. The van der Waals surface area contributed by atoms with E-state index in [0.717, 1.165) is 35.3 Å². The Kier molecular flexibility index (Phi) is 8.60. The summed E-state index contributed by atoms with van der Waals surface area (Å²) < 4.78 is 50.9. The van der Waals surface area contributed by atoms with Crippen molar-refractivity contribution in [2.75, 3.05) is 0 Å². The first-order valence-corrected chi connectivity index (χ1v) is 11.4. The SMILES string of the molecule is CCCCCCC(OC(=O)C1CCc2cc(OCc3ccccc3)ccc2C1)C(F)(F)F. The highest BCUT2D eigenvalue weighted by molar-refractivity contribution is 5.73. The molecular formula is C26H31F3O3. The van der Waals surface area contributed by atoms with E-state index >= 15 is 0 Å². The van der Waals surface area contributed by atoms with Gasteiger partial charge in [0.25, 0.3) is 0 Å². The quantitative estimate of drug-likeness (QED) is 0.296. The van der Waals surface area contributed by atoms with Crippen LogP contribution in [0.5, 0.6) is 5.75 Å². The van der Waals surface area contributed by atoms with E-state index in [1.165, 1.54) is 0 Å². The number of rotatable bonds is 10. The predicted octanol–water partition coefficient (Wildman–Crippen LogP) is 6.82. The van der Waals surface area contributed by atoms with Gasteiger partial charge in [0.1, 0.15) is 12.4 Å². The summed E-state index contributed by atoms with van der Waals surface area (Å²) in [5.41, 5.74) is 3.12. The molecule has 0 saturated heterocycles. The molecule has 2 unspecified atom stereocenters. The van der Waals surface area contributed by atoms with Crippen molar-refractivity contribution in [1.29, 1.82) is 0 Å². The third kappa shape index (κ3) is 7.01. The second-order valence-electron chi connectivity index (χ2n) is 8.46. The molecule has 2 aromatic carbocycles. The lowest BCUT2D eigenvalue weighted by atomic mass is 9.84. The van der Waals surface area contributed by atoms with Gasteiger partial charge in [-0.3, -0.25) is 4.79 Å². The standard InChI is InChI=1S/C26H31F3O3/c1-2-3-4-8-11-24(26(27,28)29)32-25(30)22-13-12-21-17-23(15-14-20(21)16-22)31-18-19-9-6-5-7-10-19/h5-7,9-10,14-15,17,22,24H,2-4,8,11-13,16,18H2,1H3. The number of unbranched alkanes of at least 4 members (excludes halogenated alkanes) is 3. The van der Waals surface area contributed by atoms with Crippen molar-refractivity contribution in [3.05, 3.63) is 65.2 Å². The van der Waals surface area contributed by atoms with Crippen molar-refractivity contribution in [3.8, 4) is 5.75 Å². The molecule has 0 aliphatic heterocycles. The molecular weight excluding hydrogens is 417 g/mol. The number of carbonyl (C=O) groups excluding carboxylic acids is 1. The molecule has 2 atom stereocenters. The van der Waals surface area contributed by atoms with Crippen LogP contribution in [0.25, 0.3) is 0 Å². The van der Waals surface area contributed by atoms with Crippen LogP contribution in [-0.2, 0) is 29.0 Å². The van der Waals surface area contributed by atoms with Gasteiger partial charge in [-0.15, -0.1) is 0 Å². The predicted molar refractivity (Wildman–Crippen MR) is 117 cm³/mol. The Hall–Kier alpha value is -2.50. The minimum absolute atomic E-state index is 0.166.